The Bertz CT molecular complexity index is 727. The molecule has 24 heavy (non-hydrogen) atoms. The van der Waals surface area contributed by atoms with Crippen molar-refractivity contribution in [1.82, 2.24) is 4.57 Å². The molecule has 0 amide bonds. The Balaban J connectivity index is 2.53. The van der Waals surface area contributed by atoms with E-state index in [2.05, 4.69) is 70.5 Å². The molecule has 0 bridgehead atoms. The molecule has 0 unspecified atom stereocenters. The molecule has 0 saturated heterocycles. The summed E-state index contributed by atoms with van der Waals surface area (Å²) in [7, 11) is 0. The number of aryl methyl sites for hydroxylation is 1. The molecule has 3 heteroatoms. The smallest absolute Gasteiger partial charge is 0.158 e. The molecule has 3 nitrogen and oxygen atoms in total. The molecule has 0 fully saturated rings. The minimum atomic E-state index is -0.353. The van der Waals surface area contributed by atoms with E-state index < -0.39 is 0 Å². The molecule has 0 aliphatic rings. The summed E-state index contributed by atoms with van der Waals surface area (Å²) in [5, 5.41) is 10.2. The predicted octanol–water partition coefficient (Wildman–Crippen LogP) is 4.58. The maximum Gasteiger partial charge on any atom is 0.158 e. The number of Topliss-reactive ketones (excluding diaryl/α,β-unsaturated/α-hetero) is 1. The van der Waals surface area contributed by atoms with Crippen molar-refractivity contribution in [2.45, 2.75) is 71.8 Å². The molecule has 0 aliphatic carbocycles. The minimum absolute atomic E-state index is 0.0613. The van der Waals surface area contributed by atoms with Gasteiger partial charge in [0.1, 0.15) is 6.61 Å². The third-order valence-corrected chi connectivity index (χ3v) is 4.55. The van der Waals surface area contributed by atoms with Crippen LogP contribution in [0.15, 0.2) is 24.4 Å². The van der Waals surface area contributed by atoms with E-state index in [-0.39, 0.29) is 23.2 Å². The maximum atomic E-state index is 11.4. The van der Waals surface area contributed by atoms with Gasteiger partial charge < -0.3 is 9.67 Å². The first kappa shape index (κ1) is 18.7. The minimum Gasteiger partial charge on any atom is -0.389 e. The van der Waals surface area contributed by atoms with Gasteiger partial charge in [-0.25, -0.2) is 0 Å². The van der Waals surface area contributed by atoms with Crippen LogP contribution in [-0.4, -0.2) is 22.1 Å². The van der Waals surface area contributed by atoms with Crippen LogP contribution in [0.1, 0.15) is 65.5 Å². The van der Waals surface area contributed by atoms with E-state index in [9.17, 15) is 4.79 Å². The van der Waals surface area contributed by atoms with Gasteiger partial charge in [-0.05, 0) is 34.4 Å². The number of rotatable bonds is 5. The van der Waals surface area contributed by atoms with E-state index in [1.807, 2.05) is 0 Å². The summed E-state index contributed by atoms with van der Waals surface area (Å²) in [4.78, 5) is 11.4. The van der Waals surface area contributed by atoms with Crippen molar-refractivity contribution in [2.75, 3.05) is 6.61 Å². The van der Waals surface area contributed by atoms with Crippen molar-refractivity contribution >= 4 is 16.7 Å². The number of aromatic nitrogens is 1. The Kier molecular flexibility index (Phi) is 5.24. The Labute approximate surface area is 145 Å². The van der Waals surface area contributed by atoms with Crippen LogP contribution < -0.4 is 0 Å². The molecule has 1 aromatic carbocycles. The van der Waals surface area contributed by atoms with Gasteiger partial charge >= 0.3 is 0 Å². The average molecular weight is 329 g/mol. The zero-order chi connectivity index (χ0) is 18.1. The highest BCUT2D eigenvalue weighted by atomic mass is 16.3. The predicted molar refractivity (Wildman–Crippen MR) is 101 cm³/mol. The lowest BCUT2D eigenvalue weighted by Crippen LogP contribution is -2.15. The van der Waals surface area contributed by atoms with E-state index in [1.54, 1.807) is 0 Å². The van der Waals surface area contributed by atoms with Crippen molar-refractivity contribution in [2.24, 2.45) is 0 Å². The summed E-state index contributed by atoms with van der Waals surface area (Å²) < 4.78 is 2.27. The summed E-state index contributed by atoms with van der Waals surface area (Å²) in [5.41, 5.74) is 4.11. The van der Waals surface area contributed by atoms with Gasteiger partial charge in [-0.2, -0.15) is 0 Å². The van der Waals surface area contributed by atoms with Gasteiger partial charge in [0, 0.05) is 30.1 Å². The van der Waals surface area contributed by atoms with Gasteiger partial charge in [-0.1, -0.05) is 53.7 Å². The summed E-state index contributed by atoms with van der Waals surface area (Å²) in [5.74, 6) is -0.0853. The van der Waals surface area contributed by atoms with Crippen LogP contribution in [0.25, 0.3) is 10.9 Å². The van der Waals surface area contributed by atoms with E-state index in [1.165, 1.54) is 22.0 Å². The molecule has 0 radical (unpaired) electrons. The molecule has 1 heterocycles. The first-order valence-electron chi connectivity index (χ1n) is 8.81. The van der Waals surface area contributed by atoms with Gasteiger partial charge in [0.2, 0.25) is 0 Å². The zero-order valence-corrected chi connectivity index (χ0v) is 15.9. The fourth-order valence-electron chi connectivity index (χ4n) is 3.26. The zero-order valence-electron chi connectivity index (χ0n) is 15.9. The number of hydrogen-bond donors (Lipinski definition) is 1. The molecule has 0 saturated carbocycles. The third kappa shape index (κ3) is 3.89. The fourth-order valence-corrected chi connectivity index (χ4v) is 3.26. The van der Waals surface area contributed by atoms with Crippen molar-refractivity contribution < 1.29 is 9.90 Å². The van der Waals surface area contributed by atoms with Gasteiger partial charge in [0.05, 0.1) is 0 Å². The van der Waals surface area contributed by atoms with Crippen LogP contribution in [-0.2, 0) is 22.2 Å². The standard InChI is InChI=1S/C21H31NO2/c1-20(2,3)16-10-7-11-18-19(16)17(21(4,5)6)13-22(18)12-8-9-15(24)14-23/h7,10-11,13,23H,8-9,12,14H2,1-6H3. The highest BCUT2D eigenvalue weighted by Crippen LogP contribution is 2.38. The molecular formula is C21H31NO2. The highest BCUT2D eigenvalue weighted by Gasteiger charge is 2.26. The Morgan fingerprint density at radius 2 is 1.67 bits per heavy atom. The van der Waals surface area contributed by atoms with Gasteiger partial charge in [0.15, 0.2) is 5.78 Å². The topological polar surface area (TPSA) is 42.2 Å². The number of hydrogen-bond acceptors (Lipinski definition) is 2. The number of fused-ring (bicyclic) bond motifs is 1. The number of nitrogens with zero attached hydrogens (tertiary/aromatic N) is 1. The van der Waals surface area contributed by atoms with E-state index in [4.69, 9.17) is 5.11 Å². The molecule has 0 aliphatic heterocycles. The molecule has 2 aromatic rings. The lowest BCUT2D eigenvalue weighted by atomic mass is 9.79. The number of carbonyl (C=O) groups is 1. The van der Waals surface area contributed by atoms with Crippen LogP contribution in [0.2, 0.25) is 0 Å². The monoisotopic (exact) mass is 329 g/mol. The second-order valence-corrected chi connectivity index (χ2v) is 8.74. The van der Waals surface area contributed by atoms with Crippen molar-refractivity contribution in [3.63, 3.8) is 0 Å². The molecule has 1 aromatic heterocycles. The molecule has 132 valence electrons. The lowest BCUT2D eigenvalue weighted by molar-refractivity contribution is -0.121. The summed E-state index contributed by atoms with van der Waals surface area (Å²) in [6, 6.07) is 6.54. The Hall–Kier alpha value is -1.61. The largest absolute Gasteiger partial charge is 0.389 e. The van der Waals surface area contributed by atoms with Crippen molar-refractivity contribution in [3.05, 3.63) is 35.5 Å². The fraction of sp³-hybridized carbons (Fsp3) is 0.571. The first-order valence-corrected chi connectivity index (χ1v) is 8.81. The molecule has 0 atom stereocenters. The van der Waals surface area contributed by atoms with Gasteiger partial charge in [0.25, 0.3) is 0 Å². The molecular weight excluding hydrogens is 298 g/mol. The van der Waals surface area contributed by atoms with E-state index >= 15 is 0 Å². The van der Waals surface area contributed by atoms with Crippen LogP contribution in [0, 0.1) is 0 Å². The third-order valence-electron chi connectivity index (χ3n) is 4.55. The second kappa shape index (κ2) is 6.72. The molecule has 0 spiro atoms. The van der Waals surface area contributed by atoms with E-state index in [0.717, 1.165) is 13.0 Å². The number of aliphatic hydroxyl groups excluding tert-OH is 1. The number of ketones is 1. The van der Waals surface area contributed by atoms with Crippen LogP contribution in [0.5, 0.6) is 0 Å². The molecule has 2 rings (SSSR count). The second-order valence-electron chi connectivity index (χ2n) is 8.74. The number of aliphatic hydroxyl groups is 1. The Morgan fingerprint density at radius 1 is 1.04 bits per heavy atom. The normalized spacial score (nSPS) is 12.8. The van der Waals surface area contributed by atoms with Crippen molar-refractivity contribution in [3.8, 4) is 0 Å². The number of benzene rings is 1. The van der Waals surface area contributed by atoms with Gasteiger partial charge in [-0.15, -0.1) is 0 Å². The molecule has 1 N–H and O–H groups in total. The SMILES string of the molecule is CC(C)(C)c1cccc2c1c(C(C)(C)C)cn2CCCC(=O)CO. The van der Waals surface area contributed by atoms with Crippen LogP contribution in [0.3, 0.4) is 0 Å². The average Bonchev–Trinajstić information content (AvgIpc) is 2.85. The summed E-state index contributed by atoms with van der Waals surface area (Å²) in [6.07, 6.45) is 3.44. The van der Waals surface area contributed by atoms with Crippen LogP contribution in [0.4, 0.5) is 0 Å². The van der Waals surface area contributed by atoms with Gasteiger partial charge in [-0.3, -0.25) is 4.79 Å². The van der Waals surface area contributed by atoms with Crippen molar-refractivity contribution in [1.29, 1.82) is 0 Å². The van der Waals surface area contributed by atoms with Crippen LogP contribution >= 0.6 is 0 Å². The maximum absolute atomic E-state index is 11.4. The van der Waals surface area contributed by atoms with E-state index in [0.29, 0.717) is 6.42 Å². The lowest BCUT2D eigenvalue weighted by Gasteiger charge is -2.24. The Morgan fingerprint density at radius 3 is 2.21 bits per heavy atom. The summed E-state index contributed by atoms with van der Waals surface area (Å²) >= 11 is 0. The summed E-state index contributed by atoms with van der Waals surface area (Å²) in [6.45, 7) is 14.0. The number of carbonyl (C=O) groups excluding carboxylic acids is 1. The quantitative estimate of drug-likeness (QED) is 0.872. The highest BCUT2D eigenvalue weighted by molar-refractivity contribution is 5.89. The first-order chi connectivity index (χ1) is 11.1.